The normalized spacial score (nSPS) is 11.9. The standard InChI is InChI=1S/C17H18N6O2/c1-9(2)22-12-14(24)18-17(25)21(4)15(12)23-13(19-20-16(22)23)11-7-5-10(3)6-8-11/h5-9H,1-4H3,(H,18,24,25). The summed E-state index contributed by atoms with van der Waals surface area (Å²) in [7, 11) is 1.63. The molecule has 0 amide bonds. The zero-order valence-corrected chi connectivity index (χ0v) is 14.4. The molecule has 0 saturated heterocycles. The molecule has 8 heteroatoms. The number of fused-ring (bicyclic) bond motifs is 3. The van der Waals surface area contributed by atoms with Gasteiger partial charge in [-0.3, -0.25) is 18.9 Å². The van der Waals surface area contributed by atoms with Crippen molar-refractivity contribution in [3.63, 3.8) is 0 Å². The van der Waals surface area contributed by atoms with Gasteiger partial charge in [-0.15, -0.1) is 10.2 Å². The molecule has 0 aliphatic carbocycles. The number of hydrogen-bond acceptors (Lipinski definition) is 4. The van der Waals surface area contributed by atoms with Crippen LogP contribution in [0.25, 0.3) is 28.3 Å². The molecule has 8 nitrogen and oxygen atoms in total. The van der Waals surface area contributed by atoms with E-state index in [1.165, 1.54) is 4.57 Å². The minimum atomic E-state index is -0.469. The number of aromatic nitrogens is 6. The number of aryl methyl sites for hydroxylation is 2. The van der Waals surface area contributed by atoms with Crippen molar-refractivity contribution in [1.82, 2.24) is 28.7 Å². The number of imidazole rings is 1. The van der Waals surface area contributed by atoms with Gasteiger partial charge in [-0.2, -0.15) is 0 Å². The fraction of sp³-hybridized carbons (Fsp3) is 0.294. The molecule has 0 unspecified atom stereocenters. The van der Waals surface area contributed by atoms with Crippen molar-refractivity contribution in [1.29, 1.82) is 0 Å². The van der Waals surface area contributed by atoms with Crippen LogP contribution in [0.15, 0.2) is 33.9 Å². The molecule has 1 aromatic carbocycles. The number of benzene rings is 1. The molecule has 0 saturated carbocycles. The van der Waals surface area contributed by atoms with Gasteiger partial charge >= 0.3 is 5.69 Å². The fourth-order valence-electron chi connectivity index (χ4n) is 3.18. The highest BCUT2D eigenvalue weighted by Gasteiger charge is 2.23. The van der Waals surface area contributed by atoms with Crippen molar-refractivity contribution in [2.75, 3.05) is 0 Å². The van der Waals surface area contributed by atoms with E-state index in [-0.39, 0.29) is 6.04 Å². The maximum absolute atomic E-state index is 12.5. The first kappa shape index (κ1) is 15.4. The number of nitrogens with one attached hydrogen (secondary N) is 1. The van der Waals surface area contributed by atoms with Crippen LogP contribution in [0, 0.1) is 6.92 Å². The van der Waals surface area contributed by atoms with Gasteiger partial charge in [0.1, 0.15) is 0 Å². The van der Waals surface area contributed by atoms with Crippen molar-refractivity contribution in [2.24, 2.45) is 7.05 Å². The summed E-state index contributed by atoms with van der Waals surface area (Å²) in [5, 5.41) is 8.61. The van der Waals surface area contributed by atoms with Gasteiger partial charge in [0, 0.05) is 18.7 Å². The second kappa shape index (κ2) is 5.17. The van der Waals surface area contributed by atoms with Crippen LogP contribution in [0.4, 0.5) is 0 Å². The summed E-state index contributed by atoms with van der Waals surface area (Å²) in [4.78, 5) is 27.0. The number of rotatable bonds is 2. The predicted octanol–water partition coefficient (Wildman–Crippen LogP) is 1.63. The molecule has 4 aromatic rings. The largest absolute Gasteiger partial charge is 0.329 e. The zero-order chi connectivity index (χ0) is 17.9. The third-order valence-corrected chi connectivity index (χ3v) is 4.41. The molecule has 4 rings (SSSR count). The van der Waals surface area contributed by atoms with Gasteiger partial charge in [-0.1, -0.05) is 29.8 Å². The van der Waals surface area contributed by atoms with E-state index in [4.69, 9.17) is 0 Å². The molecular weight excluding hydrogens is 320 g/mol. The van der Waals surface area contributed by atoms with E-state index in [9.17, 15) is 9.59 Å². The van der Waals surface area contributed by atoms with Crippen LogP contribution in [0.2, 0.25) is 0 Å². The lowest BCUT2D eigenvalue weighted by Crippen LogP contribution is -2.29. The number of H-pyrrole nitrogens is 1. The Morgan fingerprint density at radius 2 is 1.76 bits per heavy atom. The first-order chi connectivity index (χ1) is 11.9. The minimum absolute atomic E-state index is 0.0198. The quantitative estimate of drug-likeness (QED) is 0.601. The van der Waals surface area contributed by atoms with Gasteiger partial charge in [0.15, 0.2) is 17.0 Å². The van der Waals surface area contributed by atoms with E-state index in [2.05, 4.69) is 15.2 Å². The highest BCUT2D eigenvalue weighted by Crippen LogP contribution is 2.26. The molecule has 25 heavy (non-hydrogen) atoms. The molecular formula is C17H18N6O2. The molecule has 0 aliphatic heterocycles. The van der Waals surface area contributed by atoms with Crippen molar-refractivity contribution >= 4 is 16.9 Å². The van der Waals surface area contributed by atoms with Gasteiger partial charge < -0.3 is 0 Å². The fourth-order valence-corrected chi connectivity index (χ4v) is 3.18. The molecule has 0 aliphatic rings. The summed E-state index contributed by atoms with van der Waals surface area (Å²) in [6, 6.07) is 7.87. The summed E-state index contributed by atoms with van der Waals surface area (Å²) < 4.78 is 5.00. The van der Waals surface area contributed by atoms with Crippen LogP contribution in [-0.4, -0.2) is 28.7 Å². The van der Waals surface area contributed by atoms with Crippen LogP contribution in [0.3, 0.4) is 0 Å². The van der Waals surface area contributed by atoms with E-state index >= 15 is 0 Å². The summed E-state index contributed by atoms with van der Waals surface area (Å²) in [6.07, 6.45) is 0. The number of nitrogens with zero attached hydrogens (tertiary/aromatic N) is 5. The second-order valence-electron chi connectivity index (χ2n) is 6.48. The molecule has 0 radical (unpaired) electrons. The first-order valence-corrected chi connectivity index (χ1v) is 8.05. The van der Waals surface area contributed by atoms with E-state index in [1.54, 1.807) is 16.0 Å². The van der Waals surface area contributed by atoms with E-state index in [1.807, 2.05) is 45.0 Å². The van der Waals surface area contributed by atoms with Gasteiger partial charge in [-0.25, -0.2) is 9.20 Å². The Labute approximate surface area is 142 Å². The molecule has 3 aromatic heterocycles. The lowest BCUT2D eigenvalue weighted by molar-refractivity contribution is 0.628. The Kier molecular flexibility index (Phi) is 3.18. The van der Waals surface area contributed by atoms with E-state index in [0.29, 0.717) is 22.8 Å². The smallest absolute Gasteiger partial charge is 0.300 e. The average Bonchev–Trinajstić information content (AvgIpc) is 3.11. The minimum Gasteiger partial charge on any atom is -0.300 e. The predicted molar refractivity (Wildman–Crippen MR) is 94.9 cm³/mol. The van der Waals surface area contributed by atoms with Crippen LogP contribution >= 0.6 is 0 Å². The van der Waals surface area contributed by atoms with Crippen molar-refractivity contribution < 1.29 is 0 Å². The molecule has 1 N–H and O–H groups in total. The van der Waals surface area contributed by atoms with Crippen LogP contribution < -0.4 is 11.2 Å². The van der Waals surface area contributed by atoms with Crippen molar-refractivity contribution in [3.05, 3.63) is 50.7 Å². The average molecular weight is 338 g/mol. The Bertz CT molecular complexity index is 1220. The van der Waals surface area contributed by atoms with E-state index in [0.717, 1.165) is 11.1 Å². The van der Waals surface area contributed by atoms with Crippen LogP contribution in [0.5, 0.6) is 0 Å². The maximum Gasteiger partial charge on any atom is 0.329 e. The van der Waals surface area contributed by atoms with Gasteiger partial charge in [0.25, 0.3) is 5.56 Å². The molecule has 0 bridgehead atoms. The third-order valence-electron chi connectivity index (χ3n) is 4.41. The monoisotopic (exact) mass is 338 g/mol. The number of hydrogen-bond donors (Lipinski definition) is 1. The number of aromatic amines is 1. The molecule has 3 heterocycles. The van der Waals surface area contributed by atoms with Crippen molar-refractivity contribution in [2.45, 2.75) is 26.8 Å². The summed E-state index contributed by atoms with van der Waals surface area (Å²) in [5.74, 6) is 1.13. The van der Waals surface area contributed by atoms with Crippen molar-refractivity contribution in [3.8, 4) is 11.4 Å². The van der Waals surface area contributed by atoms with E-state index < -0.39 is 11.2 Å². The van der Waals surface area contributed by atoms with Crippen LogP contribution in [0.1, 0.15) is 25.5 Å². The SMILES string of the molecule is Cc1ccc(-c2nnc3n(C(C)C)c4c(=O)[nH]c(=O)n(C)c4n23)cc1. The topological polar surface area (TPSA) is 90.0 Å². The summed E-state index contributed by atoms with van der Waals surface area (Å²) in [6.45, 7) is 5.94. The Morgan fingerprint density at radius 1 is 1.08 bits per heavy atom. The summed E-state index contributed by atoms with van der Waals surface area (Å²) >= 11 is 0. The molecule has 0 atom stereocenters. The molecule has 128 valence electrons. The van der Waals surface area contributed by atoms with Gasteiger partial charge in [-0.05, 0) is 20.8 Å². The Hall–Kier alpha value is -3.16. The van der Waals surface area contributed by atoms with Crippen LogP contribution in [-0.2, 0) is 7.05 Å². The Balaban J connectivity index is 2.25. The lowest BCUT2D eigenvalue weighted by Gasteiger charge is -2.07. The molecule has 0 fully saturated rings. The first-order valence-electron chi connectivity index (χ1n) is 8.05. The lowest BCUT2D eigenvalue weighted by atomic mass is 10.1. The second-order valence-corrected chi connectivity index (χ2v) is 6.48. The highest BCUT2D eigenvalue weighted by atomic mass is 16.2. The summed E-state index contributed by atoms with van der Waals surface area (Å²) in [5.41, 5.74) is 2.01. The third kappa shape index (κ3) is 2.07. The Morgan fingerprint density at radius 3 is 2.40 bits per heavy atom. The zero-order valence-electron chi connectivity index (χ0n) is 14.4. The maximum atomic E-state index is 12.5. The van der Waals surface area contributed by atoms with Gasteiger partial charge in [0.05, 0.1) is 0 Å². The highest BCUT2D eigenvalue weighted by molar-refractivity contribution is 5.79. The van der Waals surface area contributed by atoms with Gasteiger partial charge in [0.2, 0.25) is 5.78 Å². The molecule has 0 spiro atoms.